The minimum Gasteiger partial charge on any atom is -0.494 e. The molecule has 160 valence electrons. The highest BCUT2D eigenvalue weighted by Crippen LogP contribution is 2.45. The molecule has 2 saturated heterocycles. The molecule has 0 spiro atoms. The van der Waals surface area contributed by atoms with Gasteiger partial charge < -0.3 is 10.1 Å². The van der Waals surface area contributed by atoms with Crippen LogP contribution in [-0.2, 0) is 14.8 Å². The predicted octanol–water partition coefficient (Wildman–Crippen LogP) is 2.37. The molecule has 1 N–H and O–H groups in total. The van der Waals surface area contributed by atoms with E-state index >= 15 is 0 Å². The fraction of sp³-hybridized carbons (Fsp3) is 0.619. The Labute approximate surface area is 172 Å². The summed E-state index contributed by atoms with van der Waals surface area (Å²) in [6.07, 6.45) is 4.55. The zero-order chi connectivity index (χ0) is 21.2. The van der Waals surface area contributed by atoms with E-state index in [4.69, 9.17) is 4.74 Å². The lowest BCUT2D eigenvalue weighted by Gasteiger charge is -2.35. The standard InChI is InChI=1S/C21H30N2O5S/c1-4-6-14-28-16-10-8-15(9-11-16)19(24)21-12-13-22-18(21)17(7-5-2)20(25)23(21)29(3,26)27/h8-11,17-18,22H,4-7,12-14H2,1-3H3. The van der Waals surface area contributed by atoms with E-state index in [2.05, 4.69) is 12.2 Å². The molecule has 0 aromatic heterocycles. The maximum atomic E-state index is 13.6. The maximum Gasteiger partial charge on any atom is 0.241 e. The molecular formula is C21H30N2O5S. The summed E-state index contributed by atoms with van der Waals surface area (Å²) >= 11 is 0. The Morgan fingerprint density at radius 1 is 1.24 bits per heavy atom. The fourth-order valence-electron chi connectivity index (χ4n) is 4.63. The van der Waals surface area contributed by atoms with Crippen LogP contribution in [0.25, 0.3) is 0 Å². The summed E-state index contributed by atoms with van der Waals surface area (Å²) in [6, 6.07) is 6.26. The van der Waals surface area contributed by atoms with Crippen LogP contribution in [0.5, 0.6) is 5.75 Å². The molecule has 1 amide bonds. The minimum absolute atomic E-state index is 0.282. The van der Waals surface area contributed by atoms with E-state index in [9.17, 15) is 18.0 Å². The number of nitrogens with zero attached hydrogens (tertiary/aromatic N) is 1. The Bertz CT molecular complexity index is 868. The number of rotatable bonds is 9. The quantitative estimate of drug-likeness (QED) is 0.485. The highest BCUT2D eigenvalue weighted by atomic mass is 32.2. The van der Waals surface area contributed by atoms with Crippen LogP contribution in [0.1, 0.15) is 56.3 Å². The molecule has 0 radical (unpaired) electrons. The second-order valence-corrected chi connectivity index (χ2v) is 9.75. The van der Waals surface area contributed by atoms with Crippen molar-refractivity contribution in [1.82, 2.24) is 9.62 Å². The van der Waals surface area contributed by atoms with Gasteiger partial charge in [-0.25, -0.2) is 12.7 Å². The zero-order valence-electron chi connectivity index (χ0n) is 17.3. The first kappa shape index (κ1) is 21.8. The van der Waals surface area contributed by atoms with Crippen LogP contribution in [0.2, 0.25) is 0 Å². The van der Waals surface area contributed by atoms with Gasteiger partial charge in [-0.3, -0.25) is 9.59 Å². The van der Waals surface area contributed by atoms with Crippen LogP contribution in [-0.4, -0.2) is 55.4 Å². The first-order valence-corrected chi connectivity index (χ1v) is 12.2. The van der Waals surface area contributed by atoms with Crippen LogP contribution in [0, 0.1) is 5.92 Å². The number of carbonyl (C=O) groups is 2. The van der Waals surface area contributed by atoms with E-state index in [-0.39, 0.29) is 12.2 Å². The summed E-state index contributed by atoms with van der Waals surface area (Å²) in [5.74, 6) is -0.651. The summed E-state index contributed by atoms with van der Waals surface area (Å²) in [5, 5.41) is 3.25. The Hall–Kier alpha value is -1.93. The SMILES string of the molecule is CCCCOc1ccc(C(=O)C23CCNC2C(CCC)C(=O)N3S(C)(=O)=O)cc1. The smallest absolute Gasteiger partial charge is 0.241 e. The largest absolute Gasteiger partial charge is 0.494 e. The number of unbranched alkanes of at least 4 members (excludes halogenated alkanes) is 1. The Morgan fingerprint density at radius 3 is 2.52 bits per heavy atom. The number of Topliss-reactive ketones (excluding diaryl/α,β-unsaturated/α-hetero) is 1. The van der Waals surface area contributed by atoms with Crippen molar-refractivity contribution in [2.24, 2.45) is 5.92 Å². The van der Waals surface area contributed by atoms with Gasteiger partial charge in [-0.2, -0.15) is 0 Å². The number of ketones is 1. The van der Waals surface area contributed by atoms with Crippen molar-refractivity contribution >= 4 is 21.7 Å². The summed E-state index contributed by atoms with van der Waals surface area (Å²) in [6.45, 7) is 5.13. The van der Waals surface area contributed by atoms with Gasteiger partial charge in [0.25, 0.3) is 0 Å². The topological polar surface area (TPSA) is 92.8 Å². The molecule has 3 rings (SSSR count). The summed E-state index contributed by atoms with van der Waals surface area (Å²) < 4.78 is 31.7. The molecule has 0 bridgehead atoms. The summed E-state index contributed by atoms with van der Waals surface area (Å²) in [7, 11) is -3.89. The summed E-state index contributed by atoms with van der Waals surface area (Å²) in [5.41, 5.74) is -1.00. The lowest BCUT2D eigenvalue weighted by atomic mass is 9.80. The highest BCUT2D eigenvalue weighted by molar-refractivity contribution is 7.89. The van der Waals surface area contributed by atoms with E-state index < -0.39 is 33.4 Å². The van der Waals surface area contributed by atoms with Crippen molar-refractivity contribution in [2.45, 2.75) is 57.5 Å². The average molecular weight is 423 g/mol. The van der Waals surface area contributed by atoms with E-state index in [1.807, 2.05) is 6.92 Å². The number of hydrogen-bond donors (Lipinski definition) is 1. The Balaban J connectivity index is 1.97. The third kappa shape index (κ3) is 3.80. The third-order valence-corrected chi connectivity index (χ3v) is 7.04. The van der Waals surface area contributed by atoms with Crippen molar-refractivity contribution < 1.29 is 22.7 Å². The highest BCUT2D eigenvalue weighted by Gasteiger charge is 2.66. The predicted molar refractivity (Wildman–Crippen MR) is 110 cm³/mol. The summed E-state index contributed by atoms with van der Waals surface area (Å²) in [4.78, 5) is 26.7. The third-order valence-electron chi connectivity index (χ3n) is 5.87. The number of sulfonamides is 1. The molecule has 0 aliphatic carbocycles. The van der Waals surface area contributed by atoms with E-state index in [1.165, 1.54) is 0 Å². The first-order chi connectivity index (χ1) is 13.8. The fourth-order valence-corrected chi connectivity index (χ4v) is 5.97. The van der Waals surface area contributed by atoms with Gasteiger partial charge in [0.1, 0.15) is 11.3 Å². The normalized spacial score (nSPS) is 26.6. The van der Waals surface area contributed by atoms with Gasteiger partial charge in [-0.15, -0.1) is 0 Å². The second-order valence-electron chi connectivity index (χ2n) is 7.92. The van der Waals surface area contributed by atoms with Crippen molar-refractivity contribution in [3.63, 3.8) is 0 Å². The van der Waals surface area contributed by atoms with Crippen LogP contribution < -0.4 is 10.1 Å². The lowest BCUT2D eigenvalue weighted by molar-refractivity contribution is -0.128. The molecule has 3 atom stereocenters. The average Bonchev–Trinajstić information content (AvgIpc) is 3.19. The molecule has 7 nitrogen and oxygen atoms in total. The molecule has 2 aliphatic heterocycles. The molecular weight excluding hydrogens is 392 g/mol. The maximum absolute atomic E-state index is 13.6. The molecule has 1 aromatic carbocycles. The van der Waals surface area contributed by atoms with Gasteiger partial charge in [-0.05, 0) is 50.1 Å². The number of hydrogen-bond acceptors (Lipinski definition) is 6. The molecule has 1 aromatic rings. The Morgan fingerprint density at radius 2 is 1.93 bits per heavy atom. The van der Waals surface area contributed by atoms with Crippen LogP contribution in [0.3, 0.4) is 0 Å². The van der Waals surface area contributed by atoms with Gasteiger partial charge in [0.05, 0.1) is 24.8 Å². The number of ether oxygens (including phenoxy) is 1. The van der Waals surface area contributed by atoms with E-state index in [0.29, 0.717) is 30.9 Å². The number of benzene rings is 1. The number of nitrogens with one attached hydrogen (secondary N) is 1. The minimum atomic E-state index is -3.89. The number of amides is 1. The second kappa shape index (κ2) is 8.44. The van der Waals surface area contributed by atoms with Crippen LogP contribution in [0.15, 0.2) is 24.3 Å². The molecule has 2 heterocycles. The van der Waals surface area contributed by atoms with Crippen LogP contribution >= 0.6 is 0 Å². The van der Waals surface area contributed by atoms with Gasteiger partial charge in [0, 0.05) is 5.56 Å². The molecule has 2 fully saturated rings. The zero-order valence-corrected chi connectivity index (χ0v) is 18.1. The van der Waals surface area contributed by atoms with E-state index in [0.717, 1.165) is 29.8 Å². The van der Waals surface area contributed by atoms with Crippen molar-refractivity contribution in [2.75, 3.05) is 19.4 Å². The van der Waals surface area contributed by atoms with Gasteiger partial charge in [-0.1, -0.05) is 26.7 Å². The van der Waals surface area contributed by atoms with E-state index in [1.54, 1.807) is 24.3 Å². The molecule has 8 heteroatoms. The van der Waals surface area contributed by atoms with Gasteiger partial charge in [0.15, 0.2) is 5.78 Å². The lowest BCUT2D eigenvalue weighted by Crippen LogP contribution is -2.58. The molecule has 3 unspecified atom stereocenters. The van der Waals surface area contributed by atoms with Crippen LogP contribution in [0.4, 0.5) is 0 Å². The molecule has 29 heavy (non-hydrogen) atoms. The van der Waals surface area contributed by atoms with Gasteiger partial charge in [0.2, 0.25) is 15.9 Å². The molecule has 0 saturated carbocycles. The first-order valence-electron chi connectivity index (χ1n) is 10.3. The number of fused-ring (bicyclic) bond motifs is 1. The van der Waals surface area contributed by atoms with Crippen molar-refractivity contribution in [3.8, 4) is 5.75 Å². The van der Waals surface area contributed by atoms with Gasteiger partial charge >= 0.3 is 0 Å². The number of carbonyl (C=O) groups excluding carboxylic acids is 2. The van der Waals surface area contributed by atoms with Crippen molar-refractivity contribution in [3.05, 3.63) is 29.8 Å². The monoisotopic (exact) mass is 422 g/mol. The Kier molecular flexibility index (Phi) is 6.33. The van der Waals surface area contributed by atoms with Crippen molar-refractivity contribution in [1.29, 1.82) is 0 Å². The molecule has 2 aliphatic rings.